The molecule has 3 N–H and O–H groups in total. The molecule has 0 saturated heterocycles. The third kappa shape index (κ3) is 3.51. The van der Waals surface area contributed by atoms with E-state index in [4.69, 9.17) is 5.73 Å². The first kappa shape index (κ1) is 17.0. The van der Waals surface area contributed by atoms with Crippen molar-refractivity contribution in [1.82, 2.24) is 15.2 Å². The molecule has 128 valence electrons. The molecule has 0 aliphatic carbocycles. The second-order valence-corrected chi connectivity index (χ2v) is 6.46. The molecule has 0 bridgehead atoms. The van der Waals surface area contributed by atoms with Gasteiger partial charge in [-0.05, 0) is 30.2 Å². The Hall–Kier alpha value is -2.80. The first-order chi connectivity index (χ1) is 12.1. The van der Waals surface area contributed by atoms with E-state index < -0.39 is 12.6 Å². The predicted molar refractivity (Wildman–Crippen MR) is 98.3 cm³/mol. The number of carbonyl (C=O) groups excluding carboxylic acids is 1. The number of rotatable bonds is 6. The summed E-state index contributed by atoms with van der Waals surface area (Å²) in [7, 11) is 0. The van der Waals surface area contributed by atoms with Crippen molar-refractivity contribution in [3.63, 3.8) is 0 Å². The lowest BCUT2D eigenvalue weighted by molar-refractivity contribution is 0.0996. The second-order valence-electron chi connectivity index (χ2n) is 5.41. The lowest BCUT2D eigenvalue weighted by atomic mass is 10.1. The van der Waals surface area contributed by atoms with Crippen molar-refractivity contribution in [2.24, 2.45) is 5.73 Å². The highest BCUT2D eigenvalue weighted by Crippen LogP contribution is 2.34. The van der Waals surface area contributed by atoms with Gasteiger partial charge in [0.15, 0.2) is 5.69 Å². The van der Waals surface area contributed by atoms with E-state index in [1.807, 2.05) is 37.5 Å². The Kier molecular flexibility index (Phi) is 5.04. The summed E-state index contributed by atoms with van der Waals surface area (Å²) >= 11 is 1.41. The summed E-state index contributed by atoms with van der Waals surface area (Å²) < 4.78 is 13.2. The molecule has 7 heteroatoms. The van der Waals surface area contributed by atoms with Crippen LogP contribution < -0.4 is 5.73 Å². The van der Waals surface area contributed by atoms with Crippen molar-refractivity contribution in [3.8, 4) is 0 Å². The molecule has 0 aliphatic heterocycles. The van der Waals surface area contributed by atoms with Gasteiger partial charge in [-0.3, -0.25) is 4.79 Å². The van der Waals surface area contributed by atoms with E-state index in [1.54, 1.807) is 6.08 Å². The van der Waals surface area contributed by atoms with Crippen LogP contribution in [0.4, 0.5) is 4.39 Å². The van der Waals surface area contributed by atoms with Gasteiger partial charge in [-0.15, -0.1) is 16.4 Å². The number of nitrogens with zero attached hydrogens (tertiary/aromatic N) is 2. The predicted octanol–water partition coefficient (Wildman–Crippen LogP) is 3.64. The van der Waals surface area contributed by atoms with Crippen molar-refractivity contribution >= 4 is 32.9 Å². The number of nitrogens with two attached hydrogens (primary N) is 1. The molecule has 25 heavy (non-hydrogen) atoms. The van der Waals surface area contributed by atoms with Crippen LogP contribution in [0.3, 0.4) is 0 Å². The SMILES string of the molecule is C/C=C(\C=C/CF)c1cc2c(Cc3cc[nH]c3)nnc(C(N)=O)c2s1. The van der Waals surface area contributed by atoms with E-state index in [9.17, 15) is 9.18 Å². The third-order valence-electron chi connectivity index (χ3n) is 3.78. The van der Waals surface area contributed by atoms with Gasteiger partial charge in [0, 0.05) is 29.1 Å². The van der Waals surface area contributed by atoms with Crippen molar-refractivity contribution in [1.29, 1.82) is 0 Å². The van der Waals surface area contributed by atoms with Gasteiger partial charge in [0.2, 0.25) is 0 Å². The molecular formula is C18H17FN4OS. The van der Waals surface area contributed by atoms with Gasteiger partial charge in [0.05, 0.1) is 10.4 Å². The fraction of sp³-hybridized carbons (Fsp3) is 0.167. The number of alkyl halides is 1. The molecule has 3 aromatic heterocycles. The Morgan fingerprint density at radius 2 is 2.28 bits per heavy atom. The standard InChI is InChI=1S/C18H17FN4OS/c1-2-12(4-3-6-19)15-9-13-14(8-11-5-7-21-10-11)22-23-16(18(20)24)17(13)25-15/h2-5,7,9-10,21H,6,8H2,1H3,(H2,20,24)/b4-3-,12-2+. The van der Waals surface area contributed by atoms with Crippen LogP contribution in [-0.2, 0) is 6.42 Å². The Morgan fingerprint density at radius 3 is 2.92 bits per heavy atom. The summed E-state index contributed by atoms with van der Waals surface area (Å²) in [5.41, 5.74) is 8.32. The summed E-state index contributed by atoms with van der Waals surface area (Å²) in [6.45, 7) is 1.35. The van der Waals surface area contributed by atoms with E-state index in [1.165, 1.54) is 17.4 Å². The first-order valence-electron chi connectivity index (χ1n) is 7.73. The number of halogens is 1. The average Bonchev–Trinajstić information content (AvgIpc) is 3.25. The van der Waals surface area contributed by atoms with Crippen LogP contribution in [0.1, 0.15) is 33.5 Å². The van der Waals surface area contributed by atoms with Gasteiger partial charge < -0.3 is 10.7 Å². The average molecular weight is 356 g/mol. The molecule has 0 saturated carbocycles. The van der Waals surface area contributed by atoms with Gasteiger partial charge >= 0.3 is 0 Å². The highest BCUT2D eigenvalue weighted by Gasteiger charge is 2.18. The number of hydrogen-bond acceptors (Lipinski definition) is 4. The minimum absolute atomic E-state index is 0.161. The highest BCUT2D eigenvalue weighted by molar-refractivity contribution is 7.20. The lowest BCUT2D eigenvalue weighted by Gasteiger charge is -2.02. The van der Waals surface area contributed by atoms with Gasteiger partial charge in [-0.25, -0.2) is 4.39 Å². The van der Waals surface area contributed by atoms with E-state index in [0.29, 0.717) is 11.1 Å². The maximum absolute atomic E-state index is 12.5. The monoisotopic (exact) mass is 356 g/mol. The number of H-pyrrole nitrogens is 1. The Balaban J connectivity index is 2.14. The number of allylic oxidation sites excluding steroid dienone is 4. The quantitative estimate of drug-likeness (QED) is 0.661. The number of fused-ring (bicyclic) bond motifs is 1. The van der Waals surface area contributed by atoms with Crippen LogP contribution in [0.25, 0.3) is 15.7 Å². The molecule has 3 rings (SSSR count). The summed E-state index contributed by atoms with van der Waals surface area (Å²) in [5, 5.41) is 9.08. The summed E-state index contributed by atoms with van der Waals surface area (Å²) in [6, 6.07) is 3.92. The summed E-state index contributed by atoms with van der Waals surface area (Å²) in [4.78, 5) is 15.6. The normalized spacial score (nSPS) is 12.3. The highest BCUT2D eigenvalue weighted by atomic mass is 32.1. The number of thiophene rings is 1. The minimum Gasteiger partial charge on any atom is -0.367 e. The summed E-state index contributed by atoms with van der Waals surface area (Å²) in [5.74, 6) is -0.611. The number of aromatic nitrogens is 3. The van der Waals surface area contributed by atoms with E-state index in [0.717, 1.165) is 27.1 Å². The number of amides is 1. The van der Waals surface area contributed by atoms with Crippen LogP contribution in [0, 0.1) is 0 Å². The summed E-state index contributed by atoms with van der Waals surface area (Å²) in [6.07, 6.45) is 9.40. The molecule has 0 unspecified atom stereocenters. The maximum atomic E-state index is 12.5. The number of carbonyl (C=O) groups is 1. The van der Waals surface area contributed by atoms with Crippen molar-refractivity contribution in [2.75, 3.05) is 6.67 Å². The Morgan fingerprint density at radius 1 is 1.44 bits per heavy atom. The Labute approximate surface area is 148 Å². The molecule has 3 heterocycles. The molecule has 0 aromatic carbocycles. The zero-order valence-corrected chi connectivity index (χ0v) is 14.4. The van der Waals surface area contributed by atoms with Gasteiger partial charge in [-0.2, -0.15) is 5.10 Å². The van der Waals surface area contributed by atoms with Gasteiger partial charge in [0.25, 0.3) is 5.91 Å². The van der Waals surface area contributed by atoms with Gasteiger partial charge in [0.1, 0.15) is 6.67 Å². The minimum atomic E-state index is -0.611. The smallest absolute Gasteiger partial charge is 0.270 e. The second kappa shape index (κ2) is 7.40. The topological polar surface area (TPSA) is 84.7 Å². The molecule has 0 atom stereocenters. The van der Waals surface area contributed by atoms with Crippen molar-refractivity contribution in [3.05, 3.63) is 64.6 Å². The lowest BCUT2D eigenvalue weighted by Crippen LogP contribution is -2.14. The number of aromatic amines is 1. The van der Waals surface area contributed by atoms with Crippen LogP contribution in [0.5, 0.6) is 0 Å². The zero-order valence-electron chi connectivity index (χ0n) is 13.6. The molecular weight excluding hydrogens is 339 g/mol. The fourth-order valence-electron chi connectivity index (χ4n) is 2.58. The maximum Gasteiger partial charge on any atom is 0.270 e. The molecule has 0 aliphatic rings. The number of hydrogen-bond donors (Lipinski definition) is 2. The van der Waals surface area contributed by atoms with Crippen molar-refractivity contribution < 1.29 is 9.18 Å². The van der Waals surface area contributed by atoms with Gasteiger partial charge in [-0.1, -0.05) is 18.2 Å². The Bertz CT molecular complexity index is 957. The molecule has 5 nitrogen and oxygen atoms in total. The van der Waals surface area contributed by atoms with Crippen LogP contribution in [0.15, 0.2) is 42.8 Å². The zero-order chi connectivity index (χ0) is 17.8. The molecule has 3 aromatic rings. The molecule has 0 spiro atoms. The molecule has 0 radical (unpaired) electrons. The molecule has 0 fully saturated rings. The van der Waals surface area contributed by atoms with Crippen molar-refractivity contribution in [2.45, 2.75) is 13.3 Å². The van der Waals surface area contributed by atoms with Crippen LogP contribution in [-0.4, -0.2) is 27.8 Å². The van der Waals surface area contributed by atoms with Crippen LogP contribution in [0.2, 0.25) is 0 Å². The van der Waals surface area contributed by atoms with E-state index in [-0.39, 0.29) is 5.69 Å². The fourth-order valence-corrected chi connectivity index (χ4v) is 3.80. The molecule has 1 amide bonds. The third-order valence-corrected chi connectivity index (χ3v) is 4.97. The van der Waals surface area contributed by atoms with E-state index >= 15 is 0 Å². The first-order valence-corrected chi connectivity index (χ1v) is 8.55. The number of nitrogens with one attached hydrogen (secondary N) is 1. The van der Waals surface area contributed by atoms with E-state index in [2.05, 4.69) is 15.2 Å². The van der Waals surface area contributed by atoms with Crippen LogP contribution >= 0.6 is 11.3 Å². The number of primary amides is 1. The largest absolute Gasteiger partial charge is 0.367 e.